The molecule has 0 radical (unpaired) electrons. The normalized spacial score (nSPS) is 16.6. The summed E-state index contributed by atoms with van der Waals surface area (Å²) in [7, 11) is 1.90. The number of hydrogen-bond acceptors (Lipinski definition) is 4. The molecule has 0 aliphatic carbocycles. The van der Waals surface area contributed by atoms with Crippen LogP contribution >= 0.6 is 24.8 Å². The highest BCUT2D eigenvalue weighted by atomic mass is 35.5. The van der Waals surface area contributed by atoms with Gasteiger partial charge in [-0.2, -0.15) is 5.10 Å². The van der Waals surface area contributed by atoms with E-state index in [1.54, 1.807) is 10.9 Å². The molecule has 3 rings (SSSR count). The second-order valence-corrected chi connectivity index (χ2v) is 6.70. The average Bonchev–Trinajstić information content (AvgIpc) is 2.87. The smallest absolute Gasteiger partial charge is 0.223 e. The van der Waals surface area contributed by atoms with E-state index in [0.717, 1.165) is 50.0 Å². The highest BCUT2D eigenvalue weighted by molar-refractivity contribution is 5.85. The number of halogens is 2. The van der Waals surface area contributed by atoms with Gasteiger partial charge in [-0.15, -0.1) is 24.8 Å². The minimum Gasteiger partial charge on any atom is -0.334 e. The first kappa shape index (κ1) is 23.4. The highest BCUT2D eigenvalue weighted by Gasteiger charge is 2.25. The van der Waals surface area contributed by atoms with E-state index in [0.29, 0.717) is 19.0 Å². The molecule has 0 spiro atoms. The number of nitrogens with one attached hydrogen (secondary N) is 1. The van der Waals surface area contributed by atoms with E-state index in [9.17, 15) is 4.79 Å². The Hall–Kier alpha value is -1.63. The van der Waals surface area contributed by atoms with Gasteiger partial charge in [-0.3, -0.25) is 14.5 Å². The summed E-state index contributed by atoms with van der Waals surface area (Å²) in [6, 6.07) is 6.18. The summed E-state index contributed by atoms with van der Waals surface area (Å²) in [5, 5.41) is 7.61. The van der Waals surface area contributed by atoms with E-state index in [4.69, 9.17) is 0 Å². The second kappa shape index (κ2) is 12.0. The Morgan fingerprint density at radius 3 is 2.85 bits per heavy atom. The van der Waals surface area contributed by atoms with E-state index in [1.807, 2.05) is 42.5 Å². The van der Waals surface area contributed by atoms with Crippen molar-refractivity contribution in [1.29, 1.82) is 0 Å². The standard InChI is InChI=1S/C19H27N5O.2ClH/c1-23-14-16(13-22-23)7-8-19(25)24(15-17-5-2-3-11-21-17)18-6-4-10-20-12-9-18;;/h2-3,5,11,13-14,18,20H,4,6-10,12,15H2,1H3;2*1H. The predicted octanol–water partition coefficient (Wildman–Crippen LogP) is 2.76. The zero-order valence-corrected chi connectivity index (χ0v) is 17.3. The number of aromatic nitrogens is 3. The van der Waals surface area contributed by atoms with Crippen LogP contribution in [0.25, 0.3) is 0 Å². The van der Waals surface area contributed by atoms with Gasteiger partial charge >= 0.3 is 0 Å². The van der Waals surface area contributed by atoms with Crippen LogP contribution in [0.3, 0.4) is 0 Å². The lowest BCUT2D eigenvalue weighted by molar-refractivity contribution is -0.134. The summed E-state index contributed by atoms with van der Waals surface area (Å²) in [4.78, 5) is 19.5. The first-order valence-corrected chi connectivity index (χ1v) is 9.10. The number of carbonyl (C=O) groups is 1. The maximum atomic E-state index is 13.0. The largest absolute Gasteiger partial charge is 0.334 e. The van der Waals surface area contributed by atoms with E-state index >= 15 is 0 Å². The summed E-state index contributed by atoms with van der Waals surface area (Å²) >= 11 is 0. The Labute approximate surface area is 173 Å². The Morgan fingerprint density at radius 2 is 2.15 bits per heavy atom. The van der Waals surface area contributed by atoms with Gasteiger partial charge in [0.1, 0.15) is 0 Å². The van der Waals surface area contributed by atoms with Crippen molar-refractivity contribution in [2.75, 3.05) is 13.1 Å². The number of pyridine rings is 1. The fraction of sp³-hybridized carbons (Fsp3) is 0.526. The van der Waals surface area contributed by atoms with Crippen LogP contribution in [0.2, 0.25) is 0 Å². The fourth-order valence-electron chi connectivity index (χ4n) is 3.40. The van der Waals surface area contributed by atoms with Gasteiger partial charge in [-0.05, 0) is 56.5 Å². The molecule has 2 aromatic rings. The number of rotatable bonds is 6. The van der Waals surface area contributed by atoms with E-state index in [-0.39, 0.29) is 30.7 Å². The maximum absolute atomic E-state index is 13.0. The molecule has 1 fully saturated rings. The van der Waals surface area contributed by atoms with Gasteiger partial charge in [-0.25, -0.2) is 0 Å². The fourth-order valence-corrected chi connectivity index (χ4v) is 3.40. The van der Waals surface area contributed by atoms with E-state index in [2.05, 4.69) is 15.4 Å². The molecule has 1 aliphatic rings. The lowest BCUT2D eigenvalue weighted by atomic mass is 10.1. The van der Waals surface area contributed by atoms with Gasteiger partial charge in [0.15, 0.2) is 0 Å². The van der Waals surface area contributed by atoms with Crippen LogP contribution in [0.1, 0.15) is 36.9 Å². The third-order valence-corrected chi connectivity index (χ3v) is 4.75. The summed E-state index contributed by atoms with van der Waals surface area (Å²) in [5.41, 5.74) is 2.06. The lowest BCUT2D eigenvalue weighted by Gasteiger charge is -2.31. The van der Waals surface area contributed by atoms with Gasteiger partial charge in [0, 0.05) is 31.9 Å². The van der Waals surface area contributed by atoms with Crippen LogP contribution < -0.4 is 5.32 Å². The van der Waals surface area contributed by atoms with Crippen molar-refractivity contribution in [3.63, 3.8) is 0 Å². The minimum atomic E-state index is 0. The second-order valence-electron chi connectivity index (χ2n) is 6.70. The quantitative estimate of drug-likeness (QED) is 0.790. The van der Waals surface area contributed by atoms with E-state index < -0.39 is 0 Å². The van der Waals surface area contributed by atoms with Crippen LogP contribution in [0.5, 0.6) is 0 Å². The molecule has 0 bridgehead atoms. The summed E-state index contributed by atoms with van der Waals surface area (Å²) in [5.74, 6) is 0.210. The molecule has 6 nitrogen and oxygen atoms in total. The third kappa shape index (κ3) is 7.13. The van der Waals surface area contributed by atoms with Gasteiger partial charge in [0.2, 0.25) is 5.91 Å². The van der Waals surface area contributed by atoms with Crippen molar-refractivity contribution in [3.8, 4) is 0 Å². The van der Waals surface area contributed by atoms with Crippen molar-refractivity contribution in [1.82, 2.24) is 25.0 Å². The third-order valence-electron chi connectivity index (χ3n) is 4.75. The number of carbonyl (C=O) groups excluding carboxylic acids is 1. The molecule has 1 atom stereocenters. The van der Waals surface area contributed by atoms with Crippen molar-refractivity contribution < 1.29 is 4.79 Å². The van der Waals surface area contributed by atoms with E-state index in [1.165, 1.54) is 0 Å². The molecule has 0 aromatic carbocycles. The SMILES string of the molecule is Cl.Cl.Cn1cc(CCC(=O)N(Cc2ccccn2)C2CCCNCC2)cn1. The molecule has 150 valence electrons. The summed E-state index contributed by atoms with van der Waals surface area (Å²) in [6.07, 6.45) is 10.0. The van der Waals surface area contributed by atoms with Crippen LogP contribution in [0, 0.1) is 0 Å². The molecular formula is C19H29Cl2N5O. The number of nitrogens with zero attached hydrogens (tertiary/aromatic N) is 4. The number of hydrogen-bond donors (Lipinski definition) is 1. The predicted molar refractivity (Wildman–Crippen MR) is 111 cm³/mol. The van der Waals surface area contributed by atoms with Crippen molar-refractivity contribution in [2.24, 2.45) is 7.05 Å². The molecule has 8 heteroatoms. The van der Waals surface area contributed by atoms with Gasteiger partial charge < -0.3 is 10.2 Å². The lowest BCUT2D eigenvalue weighted by Crippen LogP contribution is -2.40. The molecule has 1 saturated heterocycles. The first-order chi connectivity index (χ1) is 12.2. The summed E-state index contributed by atoms with van der Waals surface area (Å²) < 4.78 is 1.78. The molecule has 1 N–H and O–H groups in total. The molecule has 3 heterocycles. The van der Waals surface area contributed by atoms with Crippen LogP contribution in [0.4, 0.5) is 0 Å². The topological polar surface area (TPSA) is 63.1 Å². The first-order valence-electron chi connectivity index (χ1n) is 9.10. The molecule has 1 amide bonds. The molecule has 0 saturated carbocycles. The molecule has 27 heavy (non-hydrogen) atoms. The summed E-state index contributed by atoms with van der Waals surface area (Å²) in [6.45, 7) is 2.61. The van der Waals surface area contributed by atoms with Crippen LogP contribution in [0.15, 0.2) is 36.8 Å². The molecule has 2 aromatic heterocycles. The Morgan fingerprint density at radius 1 is 1.30 bits per heavy atom. The minimum absolute atomic E-state index is 0. The Bertz CT molecular complexity index is 672. The van der Waals surface area contributed by atoms with Gasteiger partial charge in [0.25, 0.3) is 0 Å². The zero-order valence-electron chi connectivity index (χ0n) is 15.7. The molecular weight excluding hydrogens is 385 g/mol. The van der Waals surface area contributed by atoms with Gasteiger partial charge in [0.05, 0.1) is 18.4 Å². The van der Waals surface area contributed by atoms with Crippen molar-refractivity contribution in [3.05, 3.63) is 48.0 Å². The monoisotopic (exact) mass is 413 g/mol. The Balaban J connectivity index is 0.00000182. The van der Waals surface area contributed by atoms with Gasteiger partial charge in [-0.1, -0.05) is 6.07 Å². The zero-order chi connectivity index (χ0) is 17.5. The Kier molecular flexibility index (Phi) is 10.4. The molecule has 1 unspecified atom stereocenters. The highest BCUT2D eigenvalue weighted by Crippen LogP contribution is 2.18. The average molecular weight is 414 g/mol. The maximum Gasteiger partial charge on any atom is 0.223 e. The van der Waals surface area contributed by atoms with Crippen molar-refractivity contribution in [2.45, 2.75) is 44.7 Å². The molecule has 1 aliphatic heterocycles. The number of amides is 1. The van der Waals surface area contributed by atoms with Crippen molar-refractivity contribution >= 4 is 30.7 Å². The van der Waals surface area contributed by atoms with Crippen LogP contribution in [-0.4, -0.2) is 44.7 Å². The van der Waals surface area contributed by atoms with Crippen LogP contribution in [-0.2, 0) is 24.8 Å². The number of aryl methyl sites for hydroxylation is 2.